The summed E-state index contributed by atoms with van der Waals surface area (Å²) < 4.78 is 37.6. The van der Waals surface area contributed by atoms with Gasteiger partial charge in [0.15, 0.2) is 5.69 Å². The van der Waals surface area contributed by atoms with E-state index < -0.39 is 11.9 Å². The highest BCUT2D eigenvalue weighted by atomic mass is 19.3. The first kappa shape index (κ1) is 15.6. The summed E-state index contributed by atoms with van der Waals surface area (Å²) >= 11 is 0. The van der Waals surface area contributed by atoms with Crippen molar-refractivity contribution in [1.82, 2.24) is 20.0 Å². The van der Waals surface area contributed by atoms with Gasteiger partial charge >= 0.3 is 5.97 Å². The predicted molar refractivity (Wildman–Crippen MR) is 73.1 cm³/mol. The van der Waals surface area contributed by atoms with Crippen molar-refractivity contribution < 1.29 is 22.7 Å². The van der Waals surface area contributed by atoms with Crippen LogP contribution < -0.4 is 0 Å². The van der Waals surface area contributed by atoms with E-state index in [2.05, 4.69) is 20.0 Å². The topological polar surface area (TPSA) is 83.0 Å². The summed E-state index contributed by atoms with van der Waals surface area (Å²) in [6, 6.07) is 0. The number of hydrogen-bond acceptors (Lipinski definition) is 6. The average molecular weight is 326 g/mol. The molecule has 0 N–H and O–H groups in total. The Balaban J connectivity index is 1.63. The Hall–Kier alpha value is -2.32. The lowest BCUT2D eigenvalue weighted by Crippen LogP contribution is -2.23. The van der Waals surface area contributed by atoms with Gasteiger partial charge in [0.1, 0.15) is 12.8 Å². The molecule has 124 valence electrons. The molecule has 0 bridgehead atoms. The lowest BCUT2D eigenvalue weighted by molar-refractivity contribution is -0.0385. The molecule has 0 atom stereocenters. The van der Waals surface area contributed by atoms with Gasteiger partial charge in [-0.05, 0) is 12.8 Å². The van der Waals surface area contributed by atoms with E-state index in [-0.39, 0.29) is 36.9 Å². The molecule has 9 heteroatoms. The molecule has 0 aromatic carbocycles. The second-order valence-electron chi connectivity index (χ2n) is 5.59. The Bertz CT molecular complexity index is 688. The van der Waals surface area contributed by atoms with Crippen LogP contribution in [0.15, 0.2) is 16.9 Å². The quantitative estimate of drug-likeness (QED) is 0.802. The van der Waals surface area contributed by atoms with E-state index in [1.165, 1.54) is 18.1 Å². The predicted octanol–water partition coefficient (Wildman–Crippen LogP) is 2.39. The second kappa shape index (κ2) is 6.05. The van der Waals surface area contributed by atoms with Crippen LogP contribution in [0.5, 0.6) is 0 Å². The highest BCUT2D eigenvalue weighted by Crippen LogP contribution is 2.40. The highest BCUT2D eigenvalue weighted by molar-refractivity contribution is 5.86. The van der Waals surface area contributed by atoms with Crippen LogP contribution in [0.4, 0.5) is 8.78 Å². The van der Waals surface area contributed by atoms with Crippen LogP contribution >= 0.6 is 0 Å². The number of carbonyl (C=O) groups excluding carboxylic acids is 1. The van der Waals surface area contributed by atoms with Crippen molar-refractivity contribution in [1.29, 1.82) is 0 Å². The molecule has 1 aliphatic rings. The number of alkyl halides is 2. The van der Waals surface area contributed by atoms with E-state index in [9.17, 15) is 13.6 Å². The molecule has 23 heavy (non-hydrogen) atoms. The largest absolute Gasteiger partial charge is 0.464 e. The number of oxazole rings is 1. The standard InChI is InChI=1S/C14H16F2N4O3/c1-22-13(21)11-8-23-12(17-11)7-20-6-10(18-19-20)9-2-4-14(15,16)5-3-9/h6,8-9H,2-5,7H2,1H3. The third-order valence-electron chi connectivity index (χ3n) is 3.94. The number of rotatable bonds is 4. The van der Waals surface area contributed by atoms with Gasteiger partial charge in [0.2, 0.25) is 11.8 Å². The molecule has 1 saturated carbocycles. The molecular formula is C14H16F2N4O3. The van der Waals surface area contributed by atoms with Gasteiger partial charge in [-0.1, -0.05) is 5.21 Å². The summed E-state index contributed by atoms with van der Waals surface area (Å²) in [5.41, 5.74) is 0.776. The summed E-state index contributed by atoms with van der Waals surface area (Å²) in [7, 11) is 1.26. The summed E-state index contributed by atoms with van der Waals surface area (Å²) in [4.78, 5) is 15.3. The minimum Gasteiger partial charge on any atom is -0.464 e. The lowest BCUT2D eigenvalue weighted by atomic mass is 9.85. The number of methoxy groups -OCH3 is 1. The summed E-state index contributed by atoms with van der Waals surface area (Å²) in [5, 5.41) is 8.01. The van der Waals surface area contributed by atoms with E-state index in [0.29, 0.717) is 18.5 Å². The maximum atomic E-state index is 13.2. The molecular weight excluding hydrogens is 310 g/mol. The molecule has 0 amide bonds. The van der Waals surface area contributed by atoms with Gasteiger partial charge in [-0.2, -0.15) is 0 Å². The first-order chi connectivity index (χ1) is 11.0. The third kappa shape index (κ3) is 3.54. The fourth-order valence-corrected chi connectivity index (χ4v) is 2.63. The molecule has 0 saturated heterocycles. The summed E-state index contributed by atoms with van der Waals surface area (Å²) in [6.07, 6.45) is 3.48. The summed E-state index contributed by atoms with van der Waals surface area (Å²) in [6.45, 7) is 0.201. The van der Waals surface area contributed by atoms with E-state index in [1.54, 1.807) is 6.20 Å². The first-order valence-corrected chi connectivity index (χ1v) is 7.27. The van der Waals surface area contributed by atoms with Crippen LogP contribution in [-0.4, -0.2) is 39.0 Å². The van der Waals surface area contributed by atoms with Crippen molar-refractivity contribution in [2.75, 3.05) is 7.11 Å². The monoisotopic (exact) mass is 326 g/mol. The SMILES string of the molecule is COC(=O)c1coc(Cn2cc(C3CCC(F)(F)CC3)nn2)n1. The molecule has 2 aromatic heterocycles. The van der Waals surface area contributed by atoms with Gasteiger partial charge in [0.25, 0.3) is 0 Å². The summed E-state index contributed by atoms with van der Waals surface area (Å²) in [5.74, 6) is -2.85. The Morgan fingerprint density at radius 1 is 1.48 bits per heavy atom. The zero-order valence-corrected chi connectivity index (χ0v) is 12.5. The van der Waals surface area contributed by atoms with Crippen LogP contribution in [-0.2, 0) is 11.3 Å². The van der Waals surface area contributed by atoms with E-state index in [4.69, 9.17) is 4.42 Å². The van der Waals surface area contributed by atoms with Crippen LogP contribution in [0.1, 0.15) is 53.7 Å². The van der Waals surface area contributed by atoms with Crippen molar-refractivity contribution in [3.05, 3.63) is 29.7 Å². The normalized spacial score (nSPS) is 18.0. The molecule has 2 heterocycles. The minimum absolute atomic E-state index is 0.00133. The third-order valence-corrected chi connectivity index (χ3v) is 3.94. The zero-order chi connectivity index (χ0) is 16.4. The van der Waals surface area contributed by atoms with E-state index in [0.717, 1.165) is 0 Å². The van der Waals surface area contributed by atoms with E-state index in [1.807, 2.05) is 0 Å². The van der Waals surface area contributed by atoms with Gasteiger partial charge in [0, 0.05) is 25.0 Å². The number of halogens is 2. The molecule has 1 aliphatic carbocycles. The molecule has 3 rings (SSSR count). The Kier molecular flexibility index (Phi) is 4.10. The highest BCUT2D eigenvalue weighted by Gasteiger charge is 2.36. The van der Waals surface area contributed by atoms with Crippen molar-refractivity contribution in [2.24, 2.45) is 0 Å². The van der Waals surface area contributed by atoms with Gasteiger partial charge < -0.3 is 9.15 Å². The van der Waals surface area contributed by atoms with Crippen LogP contribution in [0.25, 0.3) is 0 Å². The average Bonchev–Trinajstić information content (AvgIpc) is 3.17. The van der Waals surface area contributed by atoms with E-state index >= 15 is 0 Å². The van der Waals surface area contributed by atoms with Gasteiger partial charge in [-0.15, -0.1) is 5.10 Å². The number of aromatic nitrogens is 4. The van der Waals surface area contributed by atoms with Gasteiger partial charge in [0.05, 0.1) is 12.8 Å². The van der Waals surface area contributed by atoms with Crippen molar-refractivity contribution in [3.8, 4) is 0 Å². The maximum absolute atomic E-state index is 13.2. The number of nitrogens with zero attached hydrogens (tertiary/aromatic N) is 4. The molecule has 1 fully saturated rings. The fraction of sp³-hybridized carbons (Fsp3) is 0.571. The zero-order valence-electron chi connectivity index (χ0n) is 12.5. The maximum Gasteiger partial charge on any atom is 0.360 e. The number of hydrogen-bond donors (Lipinski definition) is 0. The number of esters is 1. The van der Waals surface area contributed by atoms with Gasteiger partial charge in [-0.3, -0.25) is 0 Å². The molecule has 7 nitrogen and oxygen atoms in total. The smallest absolute Gasteiger partial charge is 0.360 e. The molecule has 0 spiro atoms. The fourth-order valence-electron chi connectivity index (χ4n) is 2.63. The van der Waals surface area contributed by atoms with Crippen LogP contribution in [0, 0.1) is 0 Å². The molecule has 2 aromatic rings. The number of carbonyl (C=O) groups is 1. The Morgan fingerprint density at radius 3 is 2.91 bits per heavy atom. The Morgan fingerprint density at radius 2 is 2.22 bits per heavy atom. The first-order valence-electron chi connectivity index (χ1n) is 7.27. The second-order valence-corrected chi connectivity index (χ2v) is 5.59. The van der Waals surface area contributed by atoms with Crippen molar-refractivity contribution in [2.45, 2.75) is 44.1 Å². The molecule has 0 aliphatic heterocycles. The van der Waals surface area contributed by atoms with Crippen molar-refractivity contribution in [3.63, 3.8) is 0 Å². The van der Waals surface area contributed by atoms with Crippen LogP contribution in [0.3, 0.4) is 0 Å². The van der Waals surface area contributed by atoms with Gasteiger partial charge in [-0.25, -0.2) is 23.2 Å². The molecule has 0 unspecified atom stereocenters. The lowest BCUT2D eigenvalue weighted by Gasteiger charge is -2.26. The number of ether oxygens (including phenoxy) is 1. The van der Waals surface area contributed by atoms with Crippen molar-refractivity contribution >= 4 is 5.97 Å². The molecule has 0 radical (unpaired) electrons. The van der Waals surface area contributed by atoms with Crippen LogP contribution in [0.2, 0.25) is 0 Å². The Labute approximate surface area is 130 Å². The minimum atomic E-state index is -2.56.